The van der Waals surface area contributed by atoms with Gasteiger partial charge in [0.2, 0.25) is 0 Å². The van der Waals surface area contributed by atoms with Gasteiger partial charge in [0.15, 0.2) is 0 Å². The summed E-state index contributed by atoms with van der Waals surface area (Å²) in [5.41, 5.74) is 2.08. The Morgan fingerprint density at radius 1 is 1.04 bits per heavy atom. The summed E-state index contributed by atoms with van der Waals surface area (Å²) in [4.78, 5) is 15.0. The predicted octanol–water partition coefficient (Wildman–Crippen LogP) is 4.61. The Bertz CT molecular complexity index is 855. The van der Waals surface area contributed by atoms with Gasteiger partial charge in [0.25, 0.3) is 0 Å². The van der Waals surface area contributed by atoms with Gasteiger partial charge < -0.3 is 9.84 Å². The minimum absolute atomic E-state index is 0.225. The van der Waals surface area contributed by atoms with E-state index in [-0.39, 0.29) is 6.42 Å². The molecule has 0 aliphatic carbocycles. The molecule has 1 heterocycles. The van der Waals surface area contributed by atoms with E-state index < -0.39 is 5.97 Å². The molecule has 0 amide bonds. The number of rotatable bonds is 8. The van der Waals surface area contributed by atoms with Crippen LogP contribution in [0.1, 0.15) is 30.5 Å². The van der Waals surface area contributed by atoms with Gasteiger partial charge in [-0.25, -0.2) is 0 Å². The lowest BCUT2D eigenvalue weighted by atomic mass is 10.1. The number of aromatic nitrogens is 1. The van der Waals surface area contributed by atoms with E-state index in [4.69, 9.17) is 9.84 Å². The first-order valence-electron chi connectivity index (χ1n) is 8.48. The molecule has 0 bridgehead atoms. The maximum Gasteiger partial charge on any atom is 0.303 e. The van der Waals surface area contributed by atoms with Gasteiger partial charge in [0.05, 0.1) is 5.69 Å². The zero-order valence-corrected chi connectivity index (χ0v) is 14.0. The van der Waals surface area contributed by atoms with Crippen molar-refractivity contribution >= 4 is 16.7 Å². The molecule has 0 radical (unpaired) electrons. The van der Waals surface area contributed by atoms with Crippen LogP contribution in [-0.4, -0.2) is 16.1 Å². The van der Waals surface area contributed by atoms with Gasteiger partial charge in [0, 0.05) is 18.0 Å². The highest BCUT2D eigenvalue weighted by Gasteiger charge is 2.04. The molecule has 0 unspecified atom stereocenters. The summed E-state index contributed by atoms with van der Waals surface area (Å²) < 4.78 is 5.93. The van der Waals surface area contributed by atoms with E-state index >= 15 is 0 Å². The molecule has 0 aliphatic rings. The van der Waals surface area contributed by atoms with Crippen molar-refractivity contribution in [3.8, 4) is 5.75 Å². The van der Waals surface area contributed by atoms with Crippen LogP contribution in [0.2, 0.25) is 0 Å². The maximum absolute atomic E-state index is 10.6. The number of hydrogen-bond donors (Lipinski definition) is 1. The third kappa shape index (κ3) is 4.80. The molecule has 4 heteroatoms. The summed E-state index contributed by atoms with van der Waals surface area (Å²) in [6, 6.07) is 18.1. The molecular weight excluding hydrogens is 314 g/mol. The number of aliphatic carboxylic acids is 1. The van der Waals surface area contributed by atoms with Gasteiger partial charge in [-0.3, -0.25) is 9.78 Å². The number of carboxylic acids is 1. The number of ether oxygens (including phenoxy) is 1. The van der Waals surface area contributed by atoms with Crippen molar-refractivity contribution in [2.45, 2.75) is 32.3 Å². The molecule has 0 saturated heterocycles. The average Bonchev–Trinajstić information content (AvgIpc) is 2.64. The zero-order chi connectivity index (χ0) is 17.5. The van der Waals surface area contributed by atoms with E-state index in [1.165, 1.54) is 0 Å². The topological polar surface area (TPSA) is 59.4 Å². The zero-order valence-electron chi connectivity index (χ0n) is 14.0. The highest BCUT2D eigenvalue weighted by atomic mass is 16.5. The van der Waals surface area contributed by atoms with Crippen molar-refractivity contribution < 1.29 is 14.6 Å². The van der Waals surface area contributed by atoms with Crippen LogP contribution >= 0.6 is 0 Å². The first-order chi connectivity index (χ1) is 12.2. The van der Waals surface area contributed by atoms with E-state index in [9.17, 15) is 4.79 Å². The van der Waals surface area contributed by atoms with Crippen LogP contribution in [0.5, 0.6) is 5.75 Å². The summed E-state index contributed by atoms with van der Waals surface area (Å²) in [5, 5.41) is 10.9. The number of benzene rings is 2. The molecule has 3 rings (SSSR count). The van der Waals surface area contributed by atoms with Crippen LogP contribution < -0.4 is 4.74 Å². The lowest BCUT2D eigenvalue weighted by Gasteiger charge is -2.09. The van der Waals surface area contributed by atoms with E-state index in [0.29, 0.717) is 13.0 Å². The third-order valence-electron chi connectivity index (χ3n) is 4.14. The molecule has 0 saturated carbocycles. The summed E-state index contributed by atoms with van der Waals surface area (Å²) in [7, 11) is 0. The minimum atomic E-state index is -0.736. The molecule has 2 aromatic carbocycles. The summed E-state index contributed by atoms with van der Waals surface area (Å²) in [6.45, 7) is 0.420. The van der Waals surface area contributed by atoms with Crippen molar-refractivity contribution in [2.75, 3.05) is 0 Å². The lowest BCUT2D eigenvalue weighted by Crippen LogP contribution is -2.00. The van der Waals surface area contributed by atoms with Gasteiger partial charge >= 0.3 is 5.97 Å². The second kappa shape index (κ2) is 8.29. The molecule has 0 aliphatic heterocycles. The van der Waals surface area contributed by atoms with Gasteiger partial charge in [-0.05, 0) is 48.4 Å². The van der Waals surface area contributed by atoms with Crippen molar-refractivity contribution in [3.63, 3.8) is 0 Å². The van der Waals surface area contributed by atoms with Crippen LogP contribution in [0.15, 0.2) is 60.8 Å². The molecular formula is C21H21NO3. The van der Waals surface area contributed by atoms with Crippen LogP contribution in [0.25, 0.3) is 10.8 Å². The normalized spacial score (nSPS) is 10.7. The Kier molecular flexibility index (Phi) is 5.62. The SMILES string of the molecule is O=C(O)CCCCc1cccc(OCc2nccc3ccccc23)c1. The van der Waals surface area contributed by atoms with E-state index in [1.807, 2.05) is 42.5 Å². The fraction of sp³-hybridized carbons (Fsp3) is 0.238. The molecule has 4 nitrogen and oxygen atoms in total. The highest BCUT2D eigenvalue weighted by molar-refractivity contribution is 5.84. The first kappa shape index (κ1) is 17.0. The fourth-order valence-corrected chi connectivity index (χ4v) is 2.85. The monoisotopic (exact) mass is 335 g/mol. The predicted molar refractivity (Wildman–Crippen MR) is 97.7 cm³/mol. The van der Waals surface area contributed by atoms with Gasteiger partial charge in [0.1, 0.15) is 12.4 Å². The van der Waals surface area contributed by atoms with Crippen molar-refractivity contribution in [2.24, 2.45) is 0 Å². The Labute approximate surface area is 147 Å². The molecule has 1 aromatic heterocycles. The number of unbranched alkanes of at least 4 members (excludes halogenated alkanes) is 1. The van der Waals surface area contributed by atoms with Crippen LogP contribution in [0.4, 0.5) is 0 Å². The quantitative estimate of drug-likeness (QED) is 0.611. The Morgan fingerprint density at radius 2 is 1.92 bits per heavy atom. The summed E-state index contributed by atoms with van der Waals surface area (Å²) in [6.07, 6.45) is 4.45. The maximum atomic E-state index is 10.6. The van der Waals surface area contributed by atoms with Gasteiger partial charge in [-0.15, -0.1) is 0 Å². The van der Waals surface area contributed by atoms with E-state index in [0.717, 1.165) is 40.6 Å². The van der Waals surface area contributed by atoms with Gasteiger partial charge in [-0.1, -0.05) is 36.4 Å². The second-order valence-corrected chi connectivity index (χ2v) is 6.02. The molecule has 3 aromatic rings. The smallest absolute Gasteiger partial charge is 0.303 e. The Balaban J connectivity index is 1.61. The molecule has 128 valence electrons. The molecule has 1 N–H and O–H groups in total. The first-order valence-corrected chi connectivity index (χ1v) is 8.48. The number of aryl methyl sites for hydroxylation is 1. The minimum Gasteiger partial charge on any atom is -0.487 e. The lowest BCUT2D eigenvalue weighted by molar-refractivity contribution is -0.137. The van der Waals surface area contributed by atoms with Crippen molar-refractivity contribution in [1.82, 2.24) is 4.98 Å². The Hall–Kier alpha value is -2.88. The van der Waals surface area contributed by atoms with Crippen LogP contribution in [0.3, 0.4) is 0 Å². The summed E-state index contributed by atoms with van der Waals surface area (Å²) >= 11 is 0. The largest absolute Gasteiger partial charge is 0.487 e. The number of pyridine rings is 1. The standard InChI is InChI=1S/C21H21NO3/c23-21(24)11-4-1-6-16-7-5-9-18(14-16)25-15-20-19-10-3-2-8-17(19)12-13-22-20/h2-3,5,7-10,12-14H,1,4,6,11,15H2,(H,23,24). The van der Waals surface area contributed by atoms with Crippen LogP contribution in [-0.2, 0) is 17.8 Å². The highest BCUT2D eigenvalue weighted by Crippen LogP contribution is 2.20. The van der Waals surface area contributed by atoms with Crippen LogP contribution in [0, 0.1) is 0 Å². The number of carboxylic acid groups (broad SMARTS) is 1. The summed E-state index contributed by atoms with van der Waals surface area (Å²) in [5.74, 6) is 0.0742. The number of hydrogen-bond acceptors (Lipinski definition) is 3. The Morgan fingerprint density at radius 3 is 2.80 bits per heavy atom. The molecule has 25 heavy (non-hydrogen) atoms. The second-order valence-electron chi connectivity index (χ2n) is 6.02. The third-order valence-corrected chi connectivity index (χ3v) is 4.14. The number of nitrogens with zero attached hydrogens (tertiary/aromatic N) is 1. The van der Waals surface area contributed by atoms with E-state index in [2.05, 4.69) is 17.1 Å². The molecule has 0 atom stereocenters. The van der Waals surface area contributed by atoms with E-state index in [1.54, 1.807) is 6.20 Å². The number of fused-ring (bicyclic) bond motifs is 1. The number of carbonyl (C=O) groups is 1. The molecule has 0 fully saturated rings. The van der Waals surface area contributed by atoms with Gasteiger partial charge in [-0.2, -0.15) is 0 Å². The van der Waals surface area contributed by atoms with Crippen molar-refractivity contribution in [3.05, 3.63) is 72.1 Å². The average molecular weight is 335 g/mol. The van der Waals surface area contributed by atoms with Crippen molar-refractivity contribution in [1.29, 1.82) is 0 Å². The fourth-order valence-electron chi connectivity index (χ4n) is 2.85. The molecule has 0 spiro atoms.